The standard InChI is InChI=1S/C29H50O20/c1-10-13(33)4-19(46-23(10)20(37)16(36)7-30)45-17(8-31)21(38)25-12(3)15(35)6-29(49-25,27(42)43)47-18(9-32)22(39)24-11(2)14(34)5-28(44,48-24)26(40)41/h10-25,30-39,44H,4-9H2,1-3H3,(H,40,41)(H,42,43)/t10-,11-,12-,13-,14-,15-,16?,17?,18?,19?,20-,21-,22-,23?,24?,25?,28-,29-/m1/s1. The quantitative estimate of drug-likeness (QED) is 0.0750. The lowest BCUT2D eigenvalue weighted by Gasteiger charge is -2.48. The predicted octanol–water partition coefficient (Wildman–Crippen LogP) is -5.58. The highest BCUT2D eigenvalue weighted by Crippen LogP contribution is 2.40. The van der Waals surface area contributed by atoms with Crippen molar-refractivity contribution in [2.75, 3.05) is 19.8 Å². The first-order chi connectivity index (χ1) is 22.8. The first kappa shape index (κ1) is 41.7. The van der Waals surface area contributed by atoms with Gasteiger partial charge in [0.15, 0.2) is 6.29 Å². The Morgan fingerprint density at radius 2 is 1.22 bits per heavy atom. The van der Waals surface area contributed by atoms with Gasteiger partial charge in [-0.05, 0) is 0 Å². The van der Waals surface area contributed by atoms with Crippen molar-refractivity contribution in [2.24, 2.45) is 17.8 Å². The predicted molar refractivity (Wildman–Crippen MR) is 156 cm³/mol. The van der Waals surface area contributed by atoms with E-state index in [4.69, 9.17) is 23.7 Å². The lowest BCUT2D eigenvalue weighted by molar-refractivity contribution is -0.353. The Kier molecular flexibility index (Phi) is 14.3. The second-order valence-corrected chi connectivity index (χ2v) is 13.2. The summed E-state index contributed by atoms with van der Waals surface area (Å²) in [5.41, 5.74) is 0. The van der Waals surface area contributed by atoms with Crippen LogP contribution in [0.3, 0.4) is 0 Å². The Labute approximate surface area is 280 Å². The summed E-state index contributed by atoms with van der Waals surface area (Å²) >= 11 is 0. The van der Waals surface area contributed by atoms with Gasteiger partial charge in [-0.15, -0.1) is 0 Å². The zero-order valence-corrected chi connectivity index (χ0v) is 27.2. The highest BCUT2D eigenvalue weighted by molar-refractivity contribution is 5.76. The van der Waals surface area contributed by atoms with Crippen LogP contribution in [0.1, 0.15) is 40.0 Å². The van der Waals surface area contributed by atoms with Crippen molar-refractivity contribution in [1.29, 1.82) is 0 Å². The van der Waals surface area contributed by atoms with Gasteiger partial charge in [-0.3, -0.25) is 0 Å². The minimum absolute atomic E-state index is 0.238. The first-order valence-corrected chi connectivity index (χ1v) is 15.9. The summed E-state index contributed by atoms with van der Waals surface area (Å²) in [5.74, 6) is -12.5. The Morgan fingerprint density at radius 1 is 0.714 bits per heavy atom. The maximum atomic E-state index is 12.7. The van der Waals surface area contributed by atoms with Crippen molar-refractivity contribution in [3.8, 4) is 0 Å². The molecule has 0 aromatic heterocycles. The number of hydrogen-bond acceptors (Lipinski definition) is 18. The summed E-state index contributed by atoms with van der Waals surface area (Å²) in [6, 6.07) is 0. The molecule has 0 bridgehead atoms. The van der Waals surface area contributed by atoms with Crippen molar-refractivity contribution in [1.82, 2.24) is 0 Å². The molecular weight excluding hydrogens is 668 g/mol. The van der Waals surface area contributed by atoms with Crippen molar-refractivity contribution < 1.29 is 99.7 Å². The van der Waals surface area contributed by atoms with E-state index in [0.29, 0.717) is 0 Å². The molecule has 0 spiro atoms. The number of carboxylic acid groups (broad SMARTS) is 2. The van der Waals surface area contributed by atoms with E-state index in [1.54, 1.807) is 0 Å². The van der Waals surface area contributed by atoms with E-state index in [2.05, 4.69) is 0 Å². The Balaban J connectivity index is 1.85. The van der Waals surface area contributed by atoms with Gasteiger partial charge in [-0.1, -0.05) is 20.8 Å². The smallest absolute Gasteiger partial charge is 0.364 e. The van der Waals surface area contributed by atoms with Gasteiger partial charge in [0.1, 0.15) is 36.6 Å². The summed E-state index contributed by atoms with van der Waals surface area (Å²) < 4.78 is 27.8. The van der Waals surface area contributed by atoms with E-state index >= 15 is 0 Å². The van der Waals surface area contributed by atoms with Crippen LogP contribution in [0.15, 0.2) is 0 Å². The molecule has 3 fully saturated rings. The van der Waals surface area contributed by atoms with Gasteiger partial charge in [0.05, 0.1) is 56.4 Å². The third-order valence-electron chi connectivity index (χ3n) is 9.78. The molecule has 3 aliphatic heterocycles. The summed E-state index contributed by atoms with van der Waals surface area (Å²) in [7, 11) is 0. The van der Waals surface area contributed by atoms with Gasteiger partial charge < -0.3 is 90.1 Å². The Bertz CT molecular complexity index is 1100. The Hall–Kier alpha value is -1.70. The van der Waals surface area contributed by atoms with Gasteiger partial charge in [-0.25, -0.2) is 9.59 Å². The second-order valence-electron chi connectivity index (χ2n) is 13.2. The van der Waals surface area contributed by atoms with E-state index < -0.39 is 153 Å². The highest BCUT2D eigenvalue weighted by Gasteiger charge is 2.58. The van der Waals surface area contributed by atoms with Crippen LogP contribution in [0.25, 0.3) is 0 Å². The number of aliphatic hydroxyl groups excluding tert-OH is 10. The topological polar surface area (TPSA) is 343 Å². The normalized spacial score (nSPS) is 42.4. The van der Waals surface area contributed by atoms with E-state index in [0.717, 1.165) is 0 Å². The van der Waals surface area contributed by atoms with Crippen LogP contribution >= 0.6 is 0 Å². The minimum Gasteiger partial charge on any atom is -0.477 e. The molecule has 0 saturated carbocycles. The summed E-state index contributed by atoms with van der Waals surface area (Å²) in [5, 5.41) is 134. The lowest BCUT2D eigenvalue weighted by Crippen LogP contribution is -2.65. The van der Waals surface area contributed by atoms with Crippen molar-refractivity contribution >= 4 is 11.9 Å². The fourth-order valence-corrected chi connectivity index (χ4v) is 6.39. The average molecular weight is 719 g/mol. The van der Waals surface area contributed by atoms with Crippen molar-refractivity contribution in [2.45, 2.75) is 131 Å². The fourth-order valence-electron chi connectivity index (χ4n) is 6.39. The van der Waals surface area contributed by atoms with Crippen LogP contribution in [0, 0.1) is 17.8 Å². The minimum atomic E-state index is -2.95. The number of carboxylic acids is 2. The number of ether oxygens (including phenoxy) is 5. The monoisotopic (exact) mass is 718 g/mol. The average Bonchev–Trinajstić information content (AvgIpc) is 3.05. The molecule has 286 valence electrons. The molecule has 13 N–H and O–H groups in total. The molecule has 3 rings (SSSR count). The number of carbonyl (C=O) groups is 2. The summed E-state index contributed by atoms with van der Waals surface area (Å²) in [6.45, 7) is 1.28. The first-order valence-electron chi connectivity index (χ1n) is 15.9. The van der Waals surface area contributed by atoms with Crippen LogP contribution in [0.2, 0.25) is 0 Å². The van der Waals surface area contributed by atoms with Gasteiger partial charge in [0, 0.05) is 37.0 Å². The van der Waals surface area contributed by atoms with Gasteiger partial charge in [-0.2, -0.15) is 0 Å². The van der Waals surface area contributed by atoms with Crippen LogP contribution in [0.5, 0.6) is 0 Å². The number of aliphatic carboxylic acids is 2. The summed E-state index contributed by atoms with van der Waals surface area (Å²) in [6.07, 6.45) is -23.2. The Morgan fingerprint density at radius 3 is 1.73 bits per heavy atom. The maximum Gasteiger partial charge on any atom is 0.364 e. The van der Waals surface area contributed by atoms with E-state index in [9.17, 15) is 76.0 Å². The van der Waals surface area contributed by atoms with Gasteiger partial charge in [0.25, 0.3) is 11.6 Å². The fraction of sp³-hybridized carbons (Fsp3) is 0.931. The molecule has 0 amide bonds. The van der Waals surface area contributed by atoms with Gasteiger partial charge >= 0.3 is 11.9 Å². The van der Waals surface area contributed by atoms with Gasteiger partial charge in [0.2, 0.25) is 0 Å². The zero-order valence-electron chi connectivity index (χ0n) is 27.2. The number of rotatable bonds is 15. The van der Waals surface area contributed by atoms with E-state index in [1.807, 2.05) is 0 Å². The number of hydrogen-bond donors (Lipinski definition) is 13. The second kappa shape index (κ2) is 16.8. The zero-order chi connectivity index (χ0) is 37.2. The van der Waals surface area contributed by atoms with Crippen LogP contribution < -0.4 is 0 Å². The molecular formula is C29H50O20. The van der Waals surface area contributed by atoms with Crippen LogP contribution in [0.4, 0.5) is 0 Å². The van der Waals surface area contributed by atoms with Crippen LogP contribution in [-0.4, -0.2) is 189 Å². The highest BCUT2D eigenvalue weighted by atomic mass is 16.7. The molecule has 0 aromatic carbocycles. The van der Waals surface area contributed by atoms with Crippen molar-refractivity contribution in [3.05, 3.63) is 0 Å². The molecule has 7 unspecified atom stereocenters. The third-order valence-corrected chi connectivity index (χ3v) is 9.78. The number of aliphatic hydroxyl groups is 11. The SMILES string of the molecule is C[C@H]1C([C@H](O)C(O)CO)OC(OC(CO)[C@@H](O)C2O[C@@](OC(CO)[C@@H](O)C3O[C@@](O)(C(=O)O)C[C@@H](O)[C@H]3C)(C(=O)O)C[C@@H](O)[C@H]2C)C[C@H]1O. The molecule has 3 heterocycles. The van der Waals surface area contributed by atoms with Crippen LogP contribution in [-0.2, 0) is 33.3 Å². The molecule has 0 aromatic rings. The lowest BCUT2D eigenvalue weighted by atomic mass is 9.83. The van der Waals surface area contributed by atoms with Crippen molar-refractivity contribution in [3.63, 3.8) is 0 Å². The molecule has 49 heavy (non-hydrogen) atoms. The molecule has 20 heteroatoms. The molecule has 3 aliphatic rings. The third kappa shape index (κ3) is 8.85. The van der Waals surface area contributed by atoms with E-state index in [1.165, 1.54) is 20.8 Å². The van der Waals surface area contributed by atoms with E-state index in [-0.39, 0.29) is 6.42 Å². The molecule has 20 nitrogen and oxygen atoms in total. The molecule has 3 saturated heterocycles. The molecule has 18 atom stereocenters. The molecule has 0 radical (unpaired) electrons. The summed E-state index contributed by atoms with van der Waals surface area (Å²) in [4.78, 5) is 24.3. The largest absolute Gasteiger partial charge is 0.477 e. The maximum absolute atomic E-state index is 12.7. The molecule has 0 aliphatic carbocycles.